The van der Waals surface area contributed by atoms with Gasteiger partial charge in [0.15, 0.2) is 11.4 Å². The first kappa shape index (κ1) is 23.7. The van der Waals surface area contributed by atoms with E-state index in [0.29, 0.717) is 35.9 Å². The molecule has 0 aliphatic heterocycles. The van der Waals surface area contributed by atoms with Gasteiger partial charge < -0.3 is 9.84 Å². The Hall–Kier alpha value is -2.47. The first-order valence-corrected chi connectivity index (χ1v) is 12.9. The predicted molar refractivity (Wildman–Crippen MR) is 130 cm³/mol. The maximum atomic E-state index is 12.5. The number of halogens is 2. The minimum absolute atomic E-state index is 0.108. The molecule has 0 radical (unpaired) electrons. The molecule has 0 fully saturated rings. The highest BCUT2D eigenvalue weighted by Crippen LogP contribution is 2.30. The average Bonchev–Trinajstić information content (AvgIpc) is 3.32. The Morgan fingerprint density at radius 2 is 1.94 bits per heavy atom. The summed E-state index contributed by atoms with van der Waals surface area (Å²) < 4.78 is 35.0. The molecule has 0 spiro atoms. The topological polar surface area (TPSA) is 114 Å². The Balaban J connectivity index is 1.40. The summed E-state index contributed by atoms with van der Waals surface area (Å²) in [6.07, 6.45) is 3.06. The molecule has 2 N–H and O–H groups in total. The second-order valence-corrected chi connectivity index (χ2v) is 10.4. The van der Waals surface area contributed by atoms with Gasteiger partial charge in [0.2, 0.25) is 10.0 Å². The van der Waals surface area contributed by atoms with Crippen molar-refractivity contribution in [3.05, 3.63) is 57.5 Å². The zero-order chi connectivity index (χ0) is 23.6. The fourth-order valence-corrected chi connectivity index (χ4v) is 5.45. The second-order valence-electron chi connectivity index (χ2n) is 7.42. The fraction of sp³-hybridized carbons (Fsp3) is 0.286. The first-order chi connectivity index (χ1) is 15.8. The van der Waals surface area contributed by atoms with E-state index in [1.54, 1.807) is 24.6 Å². The normalized spacial score (nSPS) is 11.9. The summed E-state index contributed by atoms with van der Waals surface area (Å²) in [7, 11) is -3.65. The summed E-state index contributed by atoms with van der Waals surface area (Å²) >= 11 is 9.86. The van der Waals surface area contributed by atoms with Gasteiger partial charge in [-0.15, -0.1) is 0 Å². The number of benzene rings is 1. The summed E-state index contributed by atoms with van der Waals surface area (Å²) in [5, 5.41) is 12.1. The van der Waals surface area contributed by atoms with Crippen molar-refractivity contribution in [2.24, 2.45) is 0 Å². The number of nitrogens with one attached hydrogen (secondary N) is 2. The molecule has 0 aliphatic carbocycles. The van der Waals surface area contributed by atoms with E-state index in [1.807, 2.05) is 30.3 Å². The van der Waals surface area contributed by atoms with Crippen LogP contribution in [0.4, 0.5) is 5.82 Å². The molecule has 4 aromatic rings. The molecule has 3 aromatic heterocycles. The lowest BCUT2D eigenvalue weighted by Crippen LogP contribution is -2.26. The SMILES string of the molecule is Cc1noc(C)c1S(=O)(=O)NCCCCNc1cc(-c2ccccc2Cl)nc2c(Br)cnn12. The number of aromatic nitrogens is 4. The van der Waals surface area contributed by atoms with Crippen LogP contribution in [0.1, 0.15) is 24.3 Å². The lowest BCUT2D eigenvalue weighted by molar-refractivity contribution is 0.390. The molecule has 3 heterocycles. The monoisotopic (exact) mass is 552 g/mol. The van der Waals surface area contributed by atoms with Crippen molar-refractivity contribution < 1.29 is 12.9 Å². The largest absolute Gasteiger partial charge is 0.370 e. The molecule has 0 aliphatic rings. The highest BCUT2D eigenvalue weighted by Gasteiger charge is 2.23. The van der Waals surface area contributed by atoms with Crippen LogP contribution in [0.3, 0.4) is 0 Å². The van der Waals surface area contributed by atoms with Crippen LogP contribution in [0, 0.1) is 13.8 Å². The van der Waals surface area contributed by atoms with Gasteiger partial charge in [-0.05, 0) is 48.7 Å². The third-order valence-corrected chi connectivity index (χ3v) is 7.61. The Morgan fingerprint density at radius 3 is 2.67 bits per heavy atom. The maximum absolute atomic E-state index is 12.5. The lowest BCUT2D eigenvalue weighted by Gasteiger charge is -2.12. The Kier molecular flexibility index (Phi) is 7.03. The van der Waals surface area contributed by atoms with Gasteiger partial charge in [0.25, 0.3) is 0 Å². The standard InChI is InChI=1S/C21H22BrClN6O3S/c1-13-20(14(2)32-28-13)33(30,31)26-10-6-5-9-24-19-11-18(15-7-3-4-8-17(15)23)27-21-16(22)12-25-29(19)21/h3-4,7-8,11-12,24,26H,5-6,9-10H2,1-2H3. The van der Waals surface area contributed by atoms with Crippen LogP contribution in [0.15, 0.2) is 50.4 Å². The molecule has 0 unspecified atom stereocenters. The van der Waals surface area contributed by atoms with Gasteiger partial charge >= 0.3 is 0 Å². The average molecular weight is 554 g/mol. The third kappa shape index (κ3) is 5.06. The van der Waals surface area contributed by atoms with Crippen LogP contribution >= 0.6 is 27.5 Å². The van der Waals surface area contributed by atoms with Crippen LogP contribution < -0.4 is 10.0 Å². The molecule has 9 nitrogen and oxygen atoms in total. The second kappa shape index (κ2) is 9.80. The van der Waals surface area contributed by atoms with Gasteiger partial charge in [-0.25, -0.2) is 18.1 Å². The zero-order valence-electron chi connectivity index (χ0n) is 18.0. The summed E-state index contributed by atoms with van der Waals surface area (Å²) in [6, 6.07) is 9.42. The number of fused-ring (bicyclic) bond motifs is 1. The molecule has 33 heavy (non-hydrogen) atoms. The number of hydrogen-bond acceptors (Lipinski definition) is 7. The molecule has 4 rings (SSSR count). The van der Waals surface area contributed by atoms with Crippen molar-refractivity contribution in [3.63, 3.8) is 0 Å². The van der Waals surface area contributed by atoms with E-state index >= 15 is 0 Å². The summed E-state index contributed by atoms with van der Waals surface area (Å²) in [4.78, 5) is 4.80. The first-order valence-electron chi connectivity index (χ1n) is 10.2. The maximum Gasteiger partial charge on any atom is 0.245 e. The van der Waals surface area contributed by atoms with Crippen LogP contribution in [0.2, 0.25) is 5.02 Å². The number of anilines is 1. The smallest absolute Gasteiger partial charge is 0.245 e. The quantitative estimate of drug-likeness (QED) is 0.291. The molecule has 0 amide bonds. The number of unbranched alkanes of at least 4 members (excludes halogenated alkanes) is 1. The summed E-state index contributed by atoms with van der Waals surface area (Å²) in [5.74, 6) is 1.04. The Bertz CT molecular complexity index is 1380. The van der Waals surface area contributed by atoms with Crippen molar-refractivity contribution in [3.8, 4) is 11.3 Å². The zero-order valence-corrected chi connectivity index (χ0v) is 21.1. The Morgan fingerprint density at radius 1 is 1.18 bits per heavy atom. The highest BCUT2D eigenvalue weighted by atomic mass is 79.9. The van der Waals surface area contributed by atoms with Gasteiger partial charge in [-0.3, -0.25) is 0 Å². The predicted octanol–water partition coefficient (Wildman–Crippen LogP) is 4.59. The van der Waals surface area contributed by atoms with Gasteiger partial charge in [-0.1, -0.05) is 35.0 Å². The lowest BCUT2D eigenvalue weighted by atomic mass is 10.1. The van der Waals surface area contributed by atoms with Gasteiger partial charge in [0, 0.05) is 29.7 Å². The molecular formula is C21H22BrClN6O3S. The third-order valence-electron chi connectivity index (χ3n) is 5.02. The number of sulfonamides is 1. The van der Waals surface area contributed by atoms with Crippen molar-refractivity contribution >= 4 is 49.0 Å². The summed E-state index contributed by atoms with van der Waals surface area (Å²) in [6.45, 7) is 4.11. The van der Waals surface area contributed by atoms with Crippen LogP contribution in [-0.2, 0) is 10.0 Å². The number of hydrogen-bond donors (Lipinski definition) is 2. The van der Waals surface area contributed by atoms with Crippen LogP contribution in [-0.4, -0.2) is 41.3 Å². The number of aryl methyl sites for hydroxylation is 2. The minimum Gasteiger partial charge on any atom is -0.370 e. The van der Waals surface area contributed by atoms with Crippen LogP contribution in [0.5, 0.6) is 0 Å². The van der Waals surface area contributed by atoms with E-state index in [-0.39, 0.29) is 10.7 Å². The van der Waals surface area contributed by atoms with Crippen molar-refractivity contribution in [2.45, 2.75) is 31.6 Å². The minimum atomic E-state index is -3.65. The molecule has 0 saturated carbocycles. The molecule has 174 valence electrons. The number of nitrogens with zero attached hydrogens (tertiary/aromatic N) is 4. The molecule has 0 saturated heterocycles. The van der Waals surface area contributed by atoms with Crippen molar-refractivity contribution in [1.29, 1.82) is 0 Å². The molecule has 0 bridgehead atoms. The van der Waals surface area contributed by atoms with Crippen molar-refractivity contribution in [1.82, 2.24) is 24.5 Å². The van der Waals surface area contributed by atoms with Gasteiger partial charge in [-0.2, -0.15) is 9.61 Å². The number of rotatable bonds is 9. The molecule has 12 heteroatoms. The van der Waals surface area contributed by atoms with Gasteiger partial charge in [0.05, 0.1) is 16.4 Å². The van der Waals surface area contributed by atoms with Crippen molar-refractivity contribution in [2.75, 3.05) is 18.4 Å². The summed E-state index contributed by atoms with van der Waals surface area (Å²) in [5.41, 5.74) is 2.57. The molecule has 0 atom stereocenters. The molecular weight excluding hydrogens is 532 g/mol. The van der Waals surface area contributed by atoms with Crippen LogP contribution in [0.25, 0.3) is 16.9 Å². The molecule has 1 aromatic carbocycles. The van der Waals surface area contributed by atoms with E-state index in [4.69, 9.17) is 16.1 Å². The van der Waals surface area contributed by atoms with E-state index in [2.05, 4.69) is 41.2 Å². The Labute approximate surface area is 204 Å². The fourth-order valence-electron chi connectivity index (χ4n) is 3.47. The van der Waals surface area contributed by atoms with Gasteiger partial charge in [0.1, 0.15) is 16.4 Å². The van der Waals surface area contributed by atoms with E-state index < -0.39 is 10.0 Å². The van der Waals surface area contributed by atoms with E-state index in [1.165, 1.54) is 0 Å². The highest BCUT2D eigenvalue weighted by molar-refractivity contribution is 9.10. The van der Waals surface area contributed by atoms with E-state index in [9.17, 15) is 8.42 Å². The van der Waals surface area contributed by atoms with E-state index in [0.717, 1.165) is 28.0 Å².